The van der Waals surface area contributed by atoms with Crippen molar-refractivity contribution in [3.63, 3.8) is 0 Å². The molecule has 0 amide bonds. The van der Waals surface area contributed by atoms with Crippen LogP contribution in [0.4, 0.5) is 0 Å². The first-order valence-electron chi connectivity index (χ1n) is 4.67. The summed E-state index contributed by atoms with van der Waals surface area (Å²) in [6.45, 7) is 9.08. The van der Waals surface area contributed by atoms with E-state index in [4.69, 9.17) is 0 Å². The van der Waals surface area contributed by atoms with Crippen LogP contribution in [0.1, 0.15) is 37.7 Å². The molecule has 1 heteroatoms. The van der Waals surface area contributed by atoms with Crippen LogP contribution >= 0.6 is 0 Å². The van der Waals surface area contributed by atoms with E-state index < -0.39 is 0 Å². The Morgan fingerprint density at radius 3 is 2.00 bits per heavy atom. The van der Waals surface area contributed by atoms with Crippen LogP contribution in [0.15, 0.2) is 12.1 Å². The third-order valence-corrected chi connectivity index (χ3v) is 3.10. The van der Waals surface area contributed by atoms with Crippen LogP contribution in [0.3, 0.4) is 0 Å². The predicted molar refractivity (Wildman–Crippen MR) is 51.3 cm³/mol. The molecule has 66 valence electrons. The van der Waals surface area contributed by atoms with E-state index in [1.165, 1.54) is 17.8 Å². The minimum absolute atomic E-state index is 0.536. The van der Waals surface area contributed by atoms with Crippen molar-refractivity contribution in [1.82, 2.24) is 4.57 Å². The van der Waals surface area contributed by atoms with E-state index in [1.54, 1.807) is 0 Å². The normalized spacial score (nSPS) is 25.8. The molecule has 0 aromatic carbocycles. The van der Waals surface area contributed by atoms with Crippen LogP contribution in [0.5, 0.6) is 0 Å². The smallest absolute Gasteiger partial charge is 0.0393 e. The standard InChI is InChI=1S/C11H17N/c1-8-5-6-9(2)12(8)10-7-11(10,3)4/h5-6,10H,7H2,1-4H3. The van der Waals surface area contributed by atoms with Gasteiger partial charge in [0, 0.05) is 17.4 Å². The first-order valence-corrected chi connectivity index (χ1v) is 4.67. The second kappa shape index (κ2) is 2.15. The van der Waals surface area contributed by atoms with Gasteiger partial charge in [-0.3, -0.25) is 0 Å². The van der Waals surface area contributed by atoms with Crippen molar-refractivity contribution in [2.45, 2.75) is 40.2 Å². The highest BCUT2D eigenvalue weighted by atomic mass is 15.1. The summed E-state index contributed by atoms with van der Waals surface area (Å²) in [5, 5.41) is 0. The van der Waals surface area contributed by atoms with E-state index in [0.717, 1.165) is 6.04 Å². The Morgan fingerprint density at radius 2 is 1.67 bits per heavy atom. The van der Waals surface area contributed by atoms with Crippen LogP contribution < -0.4 is 0 Å². The quantitative estimate of drug-likeness (QED) is 0.599. The molecule has 1 atom stereocenters. The molecule has 0 bridgehead atoms. The van der Waals surface area contributed by atoms with Crippen LogP contribution in [0, 0.1) is 19.3 Å². The number of hydrogen-bond acceptors (Lipinski definition) is 0. The Bertz CT molecular complexity index is 287. The van der Waals surface area contributed by atoms with E-state index >= 15 is 0 Å². The molecule has 1 aromatic heterocycles. The maximum atomic E-state index is 2.47. The van der Waals surface area contributed by atoms with Crippen LogP contribution in [0.25, 0.3) is 0 Å². The summed E-state index contributed by atoms with van der Waals surface area (Å²) in [6, 6.07) is 5.18. The maximum absolute atomic E-state index is 2.47. The van der Waals surface area contributed by atoms with E-state index in [2.05, 4.69) is 44.4 Å². The van der Waals surface area contributed by atoms with E-state index in [-0.39, 0.29) is 0 Å². The maximum Gasteiger partial charge on any atom is 0.0393 e. The molecule has 0 radical (unpaired) electrons. The molecule has 12 heavy (non-hydrogen) atoms. The van der Waals surface area contributed by atoms with Gasteiger partial charge in [-0.1, -0.05) is 13.8 Å². The molecule has 0 aliphatic heterocycles. The van der Waals surface area contributed by atoms with Crippen molar-refractivity contribution in [3.05, 3.63) is 23.5 Å². The molecule has 0 saturated heterocycles. The Morgan fingerprint density at radius 1 is 1.25 bits per heavy atom. The van der Waals surface area contributed by atoms with Crippen molar-refractivity contribution in [2.75, 3.05) is 0 Å². The molecule has 2 rings (SSSR count). The molecule has 1 saturated carbocycles. The van der Waals surface area contributed by atoms with E-state index in [9.17, 15) is 0 Å². The van der Waals surface area contributed by atoms with Crippen molar-refractivity contribution >= 4 is 0 Å². The molecule has 1 unspecified atom stereocenters. The highest BCUT2D eigenvalue weighted by Crippen LogP contribution is 2.56. The highest BCUT2D eigenvalue weighted by Gasteiger charge is 2.47. The summed E-state index contributed by atoms with van der Waals surface area (Å²) in [7, 11) is 0. The third-order valence-electron chi connectivity index (χ3n) is 3.10. The van der Waals surface area contributed by atoms with Crippen molar-refractivity contribution in [1.29, 1.82) is 0 Å². The number of aromatic nitrogens is 1. The van der Waals surface area contributed by atoms with Crippen molar-refractivity contribution in [3.8, 4) is 0 Å². The number of aryl methyl sites for hydroxylation is 2. The molecular formula is C11H17N. The molecular weight excluding hydrogens is 146 g/mol. The SMILES string of the molecule is Cc1ccc(C)n1C1CC1(C)C. The van der Waals surface area contributed by atoms with Gasteiger partial charge in [-0.15, -0.1) is 0 Å². The van der Waals surface area contributed by atoms with Gasteiger partial charge in [0.25, 0.3) is 0 Å². The minimum atomic E-state index is 0.536. The van der Waals surface area contributed by atoms with E-state index in [0.29, 0.717) is 5.41 Å². The lowest BCUT2D eigenvalue weighted by Gasteiger charge is -2.10. The average Bonchev–Trinajstić information content (AvgIpc) is 2.42. The fraction of sp³-hybridized carbons (Fsp3) is 0.636. The first-order chi connectivity index (χ1) is 5.52. The lowest BCUT2D eigenvalue weighted by molar-refractivity contribution is 0.529. The van der Waals surface area contributed by atoms with Gasteiger partial charge < -0.3 is 4.57 Å². The summed E-state index contributed by atoms with van der Waals surface area (Å²) in [5.41, 5.74) is 3.35. The van der Waals surface area contributed by atoms with Crippen LogP contribution in [0.2, 0.25) is 0 Å². The second-order valence-corrected chi connectivity index (χ2v) is 4.69. The number of rotatable bonds is 1. The third kappa shape index (κ3) is 0.996. The topological polar surface area (TPSA) is 4.93 Å². The zero-order valence-corrected chi connectivity index (χ0v) is 8.39. The average molecular weight is 163 g/mol. The first kappa shape index (κ1) is 7.90. The van der Waals surface area contributed by atoms with Crippen LogP contribution in [-0.4, -0.2) is 4.57 Å². The second-order valence-electron chi connectivity index (χ2n) is 4.69. The monoisotopic (exact) mass is 163 g/mol. The van der Waals surface area contributed by atoms with Gasteiger partial charge in [-0.2, -0.15) is 0 Å². The Kier molecular flexibility index (Phi) is 1.42. The number of hydrogen-bond donors (Lipinski definition) is 0. The lowest BCUT2D eigenvalue weighted by Crippen LogP contribution is -2.03. The van der Waals surface area contributed by atoms with Gasteiger partial charge in [-0.25, -0.2) is 0 Å². The summed E-state index contributed by atoms with van der Waals surface area (Å²) < 4.78 is 2.47. The van der Waals surface area contributed by atoms with Crippen molar-refractivity contribution < 1.29 is 0 Å². The molecule has 1 aliphatic carbocycles. The van der Waals surface area contributed by atoms with Crippen LogP contribution in [-0.2, 0) is 0 Å². The van der Waals surface area contributed by atoms with Gasteiger partial charge in [0.15, 0.2) is 0 Å². The minimum Gasteiger partial charge on any atom is -0.346 e. The predicted octanol–water partition coefficient (Wildman–Crippen LogP) is 3.08. The molecule has 1 aromatic rings. The largest absolute Gasteiger partial charge is 0.346 e. The zero-order valence-electron chi connectivity index (χ0n) is 8.39. The lowest BCUT2D eigenvalue weighted by atomic mass is 10.2. The molecule has 1 heterocycles. The van der Waals surface area contributed by atoms with E-state index in [1.807, 2.05) is 0 Å². The number of nitrogens with zero attached hydrogens (tertiary/aromatic N) is 1. The fourth-order valence-corrected chi connectivity index (χ4v) is 2.05. The molecule has 0 N–H and O–H groups in total. The van der Waals surface area contributed by atoms with Gasteiger partial charge in [0.2, 0.25) is 0 Å². The highest BCUT2D eigenvalue weighted by molar-refractivity contribution is 5.19. The Labute approximate surface area is 74.4 Å². The molecule has 1 aliphatic rings. The van der Waals surface area contributed by atoms with Gasteiger partial charge in [0.1, 0.15) is 0 Å². The van der Waals surface area contributed by atoms with Gasteiger partial charge in [0.05, 0.1) is 0 Å². The molecule has 0 spiro atoms. The Balaban J connectivity index is 2.36. The van der Waals surface area contributed by atoms with Crippen molar-refractivity contribution in [2.24, 2.45) is 5.41 Å². The summed E-state index contributed by atoms with van der Waals surface area (Å²) in [5.74, 6) is 0. The van der Waals surface area contributed by atoms with Gasteiger partial charge in [-0.05, 0) is 37.8 Å². The molecule has 1 nitrogen and oxygen atoms in total. The zero-order chi connectivity index (χ0) is 8.93. The Hall–Kier alpha value is -0.720. The summed E-state index contributed by atoms with van der Waals surface area (Å²) in [6.07, 6.45) is 1.34. The fourth-order valence-electron chi connectivity index (χ4n) is 2.05. The summed E-state index contributed by atoms with van der Waals surface area (Å²) >= 11 is 0. The van der Waals surface area contributed by atoms with Gasteiger partial charge >= 0.3 is 0 Å². The summed E-state index contributed by atoms with van der Waals surface area (Å²) in [4.78, 5) is 0. The molecule has 1 fully saturated rings.